The van der Waals surface area contributed by atoms with Gasteiger partial charge in [-0.3, -0.25) is 0 Å². The van der Waals surface area contributed by atoms with Crippen molar-refractivity contribution in [1.82, 2.24) is 9.55 Å². The van der Waals surface area contributed by atoms with E-state index in [1.807, 2.05) is 4.57 Å². The highest BCUT2D eigenvalue weighted by atomic mass is 35.5. The molecule has 3 rings (SSSR count). The van der Waals surface area contributed by atoms with Crippen LogP contribution in [0.2, 0.25) is 5.02 Å². The highest BCUT2D eigenvalue weighted by Gasteiger charge is 2.23. The maximum atomic E-state index is 12.1. The molecule has 132 valence electrons. The maximum absolute atomic E-state index is 12.1. The van der Waals surface area contributed by atoms with Crippen LogP contribution in [0.5, 0.6) is 0 Å². The Morgan fingerprint density at radius 3 is 2.80 bits per heavy atom. The van der Waals surface area contributed by atoms with Crippen molar-refractivity contribution in [2.24, 2.45) is 5.18 Å². The molecule has 0 amide bonds. The third-order valence-electron chi connectivity index (χ3n) is 4.56. The van der Waals surface area contributed by atoms with Crippen LogP contribution in [0, 0.1) is 4.91 Å². The highest BCUT2D eigenvalue weighted by Crippen LogP contribution is 2.36. The van der Waals surface area contributed by atoms with Gasteiger partial charge in [0.2, 0.25) is 0 Å². The number of nitroso groups, excluding NO2 is 1. The number of hydrogen-bond donors (Lipinski definition) is 0. The Labute approximate surface area is 151 Å². The minimum Gasteiger partial charge on any atom is -0.462 e. The van der Waals surface area contributed by atoms with Gasteiger partial charge in [0.15, 0.2) is 0 Å². The van der Waals surface area contributed by atoms with Gasteiger partial charge < -0.3 is 9.30 Å². The van der Waals surface area contributed by atoms with Gasteiger partial charge in [-0.05, 0) is 37.1 Å². The van der Waals surface area contributed by atoms with Crippen LogP contribution in [0.25, 0.3) is 5.69 Å². The van der Waals surface area contributed by atoms with Gasteiger partial charge in [-0.2, -0.15) is 0 Å². The van der Waals surface area contributed by atoms with Crippen LogP contribution in [-0.2, 0) is 4.74 Å². The average Bonchev–Trinajstić information content (AvgIpc) is 3.11. The lowest BCUT2D eigenvalue weighted by Crippen LogP contribution is -2.12. The van der Waals surface area contributed by atoms with Crippen molar-refractivity contribution in [2.45, 2.75) is 44.9 Å². The van der Waals surface area contributed by atoms with Crippen molar-refractivity contribution < 1.29 is 9.53 Å². The van der Waals surface area contributed by atoms with Crippen molar-refractivity contribution >= 4 is 23.3 Å². The van der Waals surface area contributed by atoms with E-state index in [9.17, 15) is 9.70 Å². The van der Waals surface area contributed by atoms with Gasteiger partial charge in [0, 0.05) is 18.3 Å². The summed E-state index contributed by atoms with van der Waals surface area (Å²) in [5, 5.41) is 3.23. The van der Waals surface area contributed by atoms with Gasteiger partial charge in [0.1, 0.15) is 11.5 Å². The number of carbonyl (C=O) groups is 1. The molecule has 1 heterocycles. The Bertz CT molecular complexity index is 782. The van der Waals surface area contributed by atoms with E-state index >= 15 is 0 Å². The molecule has 1 fully saturated rings. The van der Waals surface area contributed by atoms with E-state index < -0.39 is 5.97 Å². The molecule has 0 bridgehead atoms. The second-order valence-corrected chi connectivity index (χ2v) is 6.53. The van der Waals surface area contributed by atoms with E-state index in [1.54, 1.807) is 25.4 Å². The summed E-state index contributed by atoms with van der Waals surface area (Å²) in [4.78, 5) is 27.9. The standard InChI is InChI=1S/C18H20ClN3O3/c1-2-25-18(23)13-10-16(15(21-24)11-14(13)19)22-9-8-20-17(22)12-6-4-3-5-7-12/h8-12H,2-7H2,1H3. The van der Waals surface area contributed by atoms with Crippen LogP contribution >= 0.6 is 11.6 Å². The monoisotopic (exact) mass is 361 g/mol. The molecule has 0 spiro atoms. The van der Waals surface area contributed by atoms with E-state index in [0.29, 0.717) is 11.6 Å². The third kappa shape index (κ3) is 3.58. The number of nitrogens with zero attached hydrogens (tertiary/aromatic N) is 3. The summed E-state index contributed by atoms with van der Waals surface area (Å²) in [6, 6.07) is 2.96. The fraction of sp³-hybridized carbons (Fsp3) is 0.444. The Hall–Kier alpha value is -2.21. The van der Waals surface area contributed by atoms with E-state index in [1.165, 1.54) is 25.3 Å². The number of hydrogen-bond acceptors (Lipinski definition) is 5. The Balaban J connectivity index is 2.07. The van der Waals surface area contributed by atoms with Gasteiger partial charge in [-0.1, -0.05) is 30.9 Å². The molecule has 0 aliphatic heterocycles. The van der Waals surface area contributed by atoms with Gasteiger partial charge in [-0.25, -0.2) is 9.78 Å². The van der Waals surface area contributed by atoms with Crippen molar-refractivity contribution in [3.8, 4) is 5.69 Å². The minimum absolute atomic E-state index is 0.149. The summed E-state index contributed by atoms with van der Waals surface area (Å²) >= 11 is 6.14. The lowest BCUT2D eigenvalue weighted by molar-refractivity contribution is 0.0526. The molecule has 1 aliphatic rings. The molecular weight excluding hydrogens is 342 g/mol. The van der Waals surface area contributed by atoms with Gasteiger partial charge >= 0.3 is 5.97 Å². The lowest BCUT2D eigenvalue weighted by atomic mass is 9.88. The largest absolute Gasteiger partial charge is 0.462 e. The Kier molecular flexibility index (Phi) is 5.48. The fourth-order valence-corrected chi connectivity index (χ4v) is 3.60. The summed E-state index contributed by atoms with van der Waals surface area (Å²) in [5.41, 5.74) is 0.892. The highest BCUT2D eigenvalue weighted by molar-refractivity contribution is 6.34. The topological polar surface area (TPSA) is 73.6 Å². The molecule has 0 radical (unpaired) electrons. The quantitative estimate of drug-likeness (QED) is 0.545. The SMILES string of the molecule is CCOC(=O)c1cc(-n2ccnc2C2CCCCC2)c(N=O)cc1Cl. The first-order valence-electron chi connectivity index (χ1n) is 8.53. The zero-order chi connectivity index (χ0) is 17.8. The fourth-order valence-electron chi connectivity index (χ4n) is 3.36. The normalized spacial score (nSPS) is 15.1. The van der Waals surface area contributed by atoms with Crippen LogP contribution in [0.1, 0.15) is 61.1 Å². The smallest absolute Gasteiger partial charge is 0.339 e. The van der Waals surface area contributed by atoms with Crippen molar-refractivity contribution in [3.05, 3.63) is 45.8 Å². The van der Waals surface area contributed by atoms with Crippen LogP contribution < -0.4 is 0 Å². The molecule has 2 aromatic rings. The first kappa shape index (κ1) is 17.6. The molecule has 0 unspecified atom stereocenters. The van der Waals surface area contributed by atoms with Crippen LogP contribution in [0.15, 0.2) is 29.7 Å². The van der Waals surface area contributed by atoms with Gasteiger partial charge in [0.05, 0.1) is 22.9 Å². The molecule has 1 saturated carbocycles. The summed E-state index contributed by atoms with van der Waals surface area (Å²) < 4.78 is 6.88. The molecule has 1 aromatic heterocycles. The summed E-state index contributed by atoms with van der Waals surface area (Å²) in [5.74, 6) is 0.706. The first-order chi connectivity index (χ1) is 12.2. The van der Waals surface area contributed by atoms with Crippen molar-refractivity contribution in [3.63, 3.8) is 0 Å². The summed E-state index contributed by atoms with van der Waals surface area (Å²) in [6.07, 6.45) is 9.22. The predicted octanol–water partition coefficient (Wildman–Crippen LogP) is 5.15. The summed E-state index contributed by atoms with van der Waals surface area (Å²) in [6.45, 7) is 1.97. The summed E-state index contributed by atoms with van der Waals surface area (Å²) in [7, 11) is 0. The van der Waals surface area contributed by atoms with E-state index in [2.05, 4.69) is 10.2 Å². The number of esters is 1. The van der Waals surface area contributed by atoms with E-state index in [4.69, 9.17) is 16.3 Å². The number of aromatic nitrogens is 2. The number of imidazole rings is 1. The molecule has 7 heteroatoms. The number of benzene rings is 1. The minimum atomic E-state index is -0.523. The number of rotatable bonds is 5. The van der Waals surface area contributed by atoms with Crippen molar-refractivity contribution in [1.29, 1.82) is 0 Å². The predicted molar refractivity (Wildman–Crippen MR) is 95.8 cm³/mol. The average molecular weight is 362 g/mol. The second-order valence-electron chi connectivity index (χ2n) is 6.12. The molecule has 1 aliphatic carbocycles. The number of halogens is 1. The van der Waals surface area contributed by atoms with E-state index in [-0.39, 0.29) is 22.9 Å². The zero-order valence-electron chi connectivity index (χ0n) is 14.1. The van der Waals surface area contributed by atoms with Gasteiger partial charge in [-0.15, -0.1) is 4.91 Å². The van der Waals surface area contributed by atoms with Crippen LogP contribution in [0.4, 0.5) is 5.69 Å². The molecular formula is C18H20ClN3O3. The Morgan fingerprint density at radius 2 is 2.12 bits per heavy atom. The molecule has 0 saturated heterocycles. The molecule has 6 nitrogen and oxygen atoms in total. The first-order valence-corrected chi connectivity index (χ1v) is 8.91. The molecule has 0 N–H and O–H groups in total. The zero-order valence-corrected chi connectivity index (χ0v) is 14.8. The second kappa shape index (κ2) is 7.78. The Morgan fingerprint density at radius 1 is 1.36 bits per heavy atom. The number of carbonyl (C=O) groups excluding carboxylic acids is 1. The molecule has 1 aromatic carbocycles. The van der Waals surface area contributed by atoms with Crippen molar-refractivity contribution in [2.75, 3.05) is 6.61 Å². The third-order valence-corrected chi connectivity index (χ3v) is 4.87. The van der Waals surface area contributed by atoms with Crippen LogP contribution in [-0.4, -0.2) is 22.1 Å². The lowest BCUT2D eigenvalue weighted by Gasteiger charge is -2.22. The van der Waals surface area contributed by atoms with Gasteiger partial charge in [0.25, 0.3) is 0 Å². The molecule has 0 atom stereocenters. The maximum Gasteiger partial charge on any atom is 0.339 e. The number of ether oxygens (including phenoxy) is 1. The molecule has 25 heavy (non-hydrogen) atoms. The van der Waals surface area contributed by atoms with E-state index in [0.717, 1.165) is 18.7 Å². The van der Waals surface area contributed by atoms with Crippen LogP contribution in [0.3, 0.4) is 0 Å².